The van der Waals surface area contributed by atoms with Gasteiger partial charge in [0, 0.05) is 31.6 Å². The minimum absolute atomic E-state index is 0. The van der Waals surface area contributed by atoms with Crippen molar-refractivity contribution in [1.29, 1.82) is 0 Å². The highest BCUT2D eigenvalue weighted by Gasteiger charge is 2.21. The topological polar surface area (TPSA) is 84.3 Å². The van der Waals surface area contributed by atoms with E-state index in [0.717, 1.165) is 13.1 Å². The zero-order valence-electron chi connectivity index (χ0n) is 9.59. The fourth-order valence-corrected chi connectivity index (χ4v) is 1.65. The van der Waals surface area contributed by atoms with Gasteiger partial charge in [0.25, 0.3) is 11.6 Å². The van der Waals surface area contributed by atoms with E-state index in [1.807, 2.05) is 0 Å². The van der Waals surface area contributed by atoms with Crippen molar-refractivity contribution in [3.63, 3.8) is 0 Å². The van der Waals surface area contributed by atoms with E-state index in [-0.39, 0.29) is 29.6 Å². The molecule has 6 nitrogen and oxygen atoms in total. The highest BCUT2D eigenvalue weighted by molar-refractivity contribution is 5.98. The van der Waals surface area contributed by atoms with E-state index < -0.39 is 4.92 Å². The number of carbonyl (C=O) groups is 1. The Hall–Kier alpha value is -1.66. The van der Waals surface area contributed by atoms with Crippen LogP contribution in [-0.2, 0) is 0 Å². The molecule has 2 N–H and O–H groups in total. The molecule has 1 heterocycles. The molecule has 1 amide bonds. The third-order valence-corrected chi connectivity index (χ3v) is 2.76. The number of hydrogen-bond acceptors (Lipinski definition) is 4. The van der Waals surface area contributed by atoms with Crippen LogP contribution in [0.5, 0.6) is 0 Å². The number of nitro benzene ring substituents is 1. The number of nitrogens with one attached hydrogen (secondary N) is 2. The molecule has 7 heteroatoms. The minimum Gasteiger partial charge on any atom is -0.351 e. The van der Waals surface area contributed by atoms with Gasteiger partial charge in [-0.3, -0.25) is 14.9 Å². The van der Waals surface area contributed by atoms with Crippen LogP contribution < -0.4 is 10.6 Å². The second-order valence-corrected chi connectivity index (χ2v) is 4.01. The average molecular weight is 272 g/mol. The highest BCUT2D eigenvalue weighted by Crippen LogP contribution is 2.17. The van der Waals surface area contributed by atoms with Crippen LogP contribution in [0.4, 0.5) is 5.69 Å². The molecule has 0 spiro atoms. The van der Waals surface area contributed by atoms with Crippen molar-refractivity contribution in [1.82, 2.24) is 10.6 Å². The molecule has 98 valence electrons. The van der Waals surface area contributed by atoms with E-state index in [4.69, 9.17) is 0 Å². The van der Waals surface area contributed by atoms with Crippen LogP contribution in [0.25, 0.3) is 0 Å². The molecule has 0 aromatic heterocycles. The van der Waals surface area contributed by atoms with Gasteiger partial charge in [0.1, 0.15) is 5.56 Å². The van der Waals surface area contributed by atoms with Gasteiger partial charge >= 0.3 is 0 Å². The van der Waals surface area contributed by atoms with E-state index in [9.17, 15) is 14.9 Å². The number of amides is 1. The predicted octanol–water partition coefficient (Wildman–Crippen LogP) is 0.966. The molecule has 0 radical (unpaired) electrons. The maximum absolute atomic E-state index is 11.8. The van der Waals surface area contributed by atoms with E-state index in [1.54, 1.807) is 12.1 Å². The number of nitrogens with zero attached hydrogens (tertiary/aromatic N) is 1. The van der Waals surface area contributed by atoms with Crippen LogP contribution in [0.3, 0.4) is 0 Å². The second kappa shape index (κ2) is 6.32. The number of benzene rings is 1. The Labute approximate surface area is 110 Å². The lowest BCUT2D eigenvalue weighted by Gasteiger charge is -2.27. The quantitative estimate of drug-likeness (QED) is 0.631. The number of halogens is 1. The van der Waals surface area contributed by atoms with Crippen LogP contribution in [0.15, 0.2) is 24.3 Å². The molecular weight excluding hydrogens is 258 g/mol. The van der Waals surface area contributed by atoms with E-state index in [0.29, 0.717) is 12.5 Å². The summed E-state index contributed by atoms with van der Waals surface area (Å²) >= 11 is 0. The van der Waals surface area contributed by atoms with Gasteiger partial charge in [0.2, 0.25) is 0 Å². The smallest absolute Gasteiger partial charge is 0.282 e. The normalized spacial score (nSPS) is 14.2. The van der Waals surface area contributed by atoms with Gasteiger partial charge in [-0.05, 0) is 6.07 Å². The van der Waals surface area contributed by atoms with Crippen molar-refractivity contribution < 1.29 is 9.72 Å². The van der Waals surface area contributed by atoms with Crippen molar-refractivity contribution in [3.05, 3.63) is 39.9 Å². The van der Waals surface area contributed by atoms with E-state index >= 15 is 0 Å². The van der Waals surface area contributed by atoms with Crippen molar-refractivity contribution in [3.8, 4) is 0 Å². The Morgan fingerprint density at radius 2 is 2.11 bits per heavy atom. The van der Waals surface area contributed by atoms with Crippen molar-refractivity contribution in [2.24, 2.45) is 5.92 Å². The molecule has 0 bridgehead atoms. The Morgan fingerprint density at radius 3 is 2.67 bits per heavy atom. The van der Waals surface area contributed by atoms with Gasteiger partial charge < -0.3 is 10.6 Å². The maximum Gasteiger partial charge on any atom is 0.282 e. The summed E-state index contributed by atoms with van der Waals surface area (Å²) in [7, 11) is 0. The summed E-state index contributed by atoms with van der Waals surface area (Å²) in [6, 6.07) is 5.96. The zero-order chi connectivity index (χ0) is 12.3. The fourth-order valence-electron chi connectivity index (χ4n) is 1.65. The summed E-state index contributed by atoms with van der Waals surface area (Å²) in [5.74, 6) is 0.0471. The standard InChI is InChI=1S/C11H13N3O3.ClH/c15-11(13-7-8-5-12-6-8)9-3-1-2-4-10(9)14(16)17;/h1-4,8,12H,5-7H2,(H,13,15);1H. The molecule has 0 saturated carbocycles. The number of carbonyl (C=O) groups excluding carboxylic acids is 1. The van der Waals surface area contributed by atoms with Gasteiger partial charge in [0.15, 0.2) is 0 Å². The van der Waals surface area contributed by atoms with Crippen LogP contribution in [0.1, 0.15) is 10.4 Å². The van der Waals surface area contributed by atoms with Crippen LogP contribution in [0, 0.1) is 16.0 Å². The molecule has 1 aliphatic heterocycles. The molecule has 1 fully saturated rings. The lowest BCUT2D eigenvalue weighted by Crippen LogP contribution is -2.48. The number of rotatable bonds is 4. The lowest BCUT2D eigenvalue weighted by atomic mass is 10.0. The van der Waals surface area contributed by atoms with Gasteiger partial charge in [-0.1, -0.05) is 12.1 Å². The van der Waals surface area contributed by atoms with Crippen LogP contribution in [-0.4, -0.2) is 30.5 Å². The molecule has 18 heavy (non-hydrogen) atoms. The molecule has 1 saturated heterocycles. The summed E-state index contributed by atoms with van der Waals surface area (Å²) in [6.45, 7) is 2.33. The zero-order valence-corrected chi connectivity index (χ0v) is 10.4. The summed E-state index contributed by atoms with van der Waals surface area (Å²) in [6.07, 6.45) is 0. The van der Waals surface area contributed by atoms with Crippen LogP contribution >= 0.6 is 12.4 Å². The van der Waals surface area contributed by atoms with E-state index in [1.165, 1.54) is 12.1 Å². The SMILES string of the molecule is Cl.O=C(NCC1CNC1)c1ccccc1[N+](=O)[O-]. The molecule has 0 atom stereocenters. The molecule has 0 aliphatic carbocycles. The van der Waals surface area contributed by atoms with E-state index in [2.05, 4.69) is 10.6 Å². The molecule has 2 rings (SSSR count). The third-order valence-electron chi connectivity index (χ3n) is 2.76. The molecule has 1 aromatic carbocycles. The fraction of sp³-hybridized carbons (Fsp3) is 0.364. The summed E-state index contributed by atoms with van der Waals surface area (Å²) in [4.78, 5) is 22.0. The lowest BCUT2D eigenvalue weighted by molar-refractivity contribution is -0.385. The first-order valence-electron chi connectivity index (χ1n) is 5.41. The highest BCUT2D eigenvalue weighted by atomic mass is 35.5. The summed E-state index contributed by atoms with van der Waals surface area (Å²) in [5, 5.41) is 16.6. The molecule has 0 unspecified atom stereocenters. The molecular formula is C11H14ClN3O3. The second-order valence-electron chi connectivity index (χ2n) is 4.01. The number of hydrogen-bond donors (Lipinski definition) is 2. The van der Waals surface area contributed by atoms with Gasteiger partial charge in [-0.25, -0.2) is 0 Å². The Morgan fingerprint density at radius 1 is 1.44 bits per heavy atom. The summed E-state index contributed by atoms with van der Waals surface area (Å²) in [5.41, 5.74) is -0.0403. The Kier molecular flexibility index (Phi) is 5.06. The third kappa shape index (κ3) is 3.18. The number of para-hydroxylation sites is 1. The Balaban J connectivity index is 0.00000162. The predicted molar refractivity (Wildman–Crippen MR) is 69.0 cm³/mol. The summed E-state index contributed by atoms with van der Waals surface area (Å²) < 4.78 is 0. The van der Waals surface area contributed by atoms with Gasteiger partial charge in [0.05, 0.1) is 4.92 Å². The average Bonchev–Trinajstić information content (AvgIpc) is 2.26. The van der Waals surface area contributed by atoms with Gasteiger partial charge in [-0.15, -0.1) is 12.4 Å². The Bertz CT molecular complexity index is 449. The van der Waals surface area contributed by atoms with Gasteiger partial charge in [-0.2, -0.15) is 0 Å². The first-order chi connectivity index (χ1) is 8.18. The van der Waals surface area contributed by atoms with Crippen molar-refractivity contribution >= 4 is 24.0 Å². The van der Waals surface area contributed by atoms with Crippen LogP contribution in [0.2, 0.25) is 0 Å². The maximum atomic E-state index is 11.8. The van der Waals surface area contributed by atoms with Crippen molar-refractivity contribution in [2.75, 3.05) is 19.6 Å². The minimum atomic E-state index is -0.542. The monoisotopic (exact) mass is 271 g/mol. The van der Waals surface area contributed by atoms with Crippen molar-refractivity contribution in [2.45, 2.75) is 0 Å². The molecule has 1 aliphatic rings. The number of nitro groups is 1. The first-order valence-corrected chi connectivity index (χ1v) is 5.41. The molecule has 1 aromatic rings. The first kappa shape index (κ1) is 14.4. The largest absolute Gasteiger partial charge is 0.351 e.